The van der Waals surface area contributed by atoms with Gasteiger partial charge < -0.3 is 10.2 Å². The first-order valence-corrected chi connectivity index (χ1v) is 5.63. The summed E-state index contributed by atoms with van der Waals surface area (Å²) in [5.74, 6) is 0.743. The average molecular weight is 184 g/mol. The zero-order chi connectivity index (χ0) is 9.68. The van der Waals surface area contributed by atoms with Gasteiger partial charge in [0.15, 0.2) is 0 Å². The predicted molar refractivity (Wildman–Crippen MR) is 58.0 cm³/mol. The molecule has 1 fully saturated rings. The van der Waals surface area contributed by atoms with Crippen LogP contribution in [0.2, 0.25) is 0 Å². The SMILES string of the molecule is CN[C@H](CN1CCCCC1)C(C)C. The maximum atomic E-state index is 3.41. The molecule has 0 aromatic heterocycles. The molecule has 78 valence electrons. The van der Waals surface area contributed by atoms with Gasteiger partial charge in [-0.2, -0.15) is 0 Å². The molecular formula is C11H24N2. The Morgan fingerprint density at radius 3 is 2.23 bits per heavy atom. The van der Waals surface area contributed by atoms with E-state index in [-0.39, 0.29) is 0 Å². The summed E-state index contributed by atoms with van der Waals surface area (Å²) in [6.07, 6.45) is 4.23. The fourth-order valence-corrected chi connectivity index (χ4v) is 2.06. The minimum atomic E-state index is 0.665. The summed E-state index contributed by atoms with van der Waals surface area (Å²) in [5, 5.41) is 3.41. The Morgan fingerprint density at radius 1 is 1.15 bits per heavy atom. The summed E-state index contributed by atoms with van der Waals surface area (Å²) >= 11 is 0. The largest absolute Gasteiger partial charge is 0.315 e. The molecule has 0 bridgehead atoms. The standard InChI is InChI=1S/C11H24N2/c1-10(2)11(12-3)9-13-7-5-4-6-8-13/h10-12H,4-9H2,1-3H3/t11-/m1/s1. The van der Waals surface area contributed by atoms with E-state index in [4.69, 9.17) is 0 Å². The Kier molecular flexibility index (Phi) is 4.74. The molecule has 0 aromatic carbocycles. The molecule has 0 amide bonds. The lowest BCUT2D eigenvalue weighted by Gasteiger charge is -2.31. The second-order valence-corrected chi connectivity index (χ2v) is 4.50. The number of likely N-dealkylation sites (tertiary alicyclic amines) is 1. The fourth-order valence-electron chi connectivity index (χ4n) is 2.06. The third-order valence-corrected chi connectivity index (χ3v) is 3.08. The van der Waals surface area contributed by atoms with Crippen LogP contribution >= 0.6 is 0 Å². The topological polar surface area (TPSA) is 15.3 Å². The van der Waals surface area contributed by atoms with Crippen molar-refractivity contribution in [1.82, 2.24) is 10.2 Å². The van der Waals surface area contributed by atoms with E-state index in [1.807, 2.05) is 0 Å². The number of likely N-dealkylation sites (N-methyl/N-ethyl adjacent to an activating group) is 1. The minimum absolute atomic E-state index is 0.665. The lowest BCUT2D eigenvalue weighted by Crippen LogP contribution is -2.44. The maximum Gasteiger partial charge on any atom is 0.0214 e. The number of hydrogen-bond donors (Lipinski definition) is 1. The number of nitrogens with one attached hydrogen (secondary N) is 1. The molecule has 1 aliphatic heterocycles. The van der Waals surface area contributed by atoms with Gasteiger partial charge in [0.25, 0.3) is 0 Å². The second kappa shape index (κ2) is 5.61. The number of piperidine rings is 1. The van der Waals surface area contributed by atoms with Crippen LogP contribution in [0, 0.1) is 5.92 Å². The van der Waals surface area contributed by atoms with E-state index in [1.54, 1.807) is 0 Å². The van der Waals surface area contributed by atoms with Crippen molar-refractivity contribution >= 4 is 0 Å². The second-order valence-electron chi connectivity index (χ2n) is 4.50. The molecule has 0 aliphatic carbocycles. The van der Waals surface area contributed by atoms with Gasteiger partial charge in [-0.1, -0.05) is 20.3 Å². The number of rotatable bonds is 4. The summed E-state index contributed by atoms with van der Waals surface area (Å²) in [4.78, 5) is 2.60. The van der Waals surface area contributed by atoms with E-state index in [0.29, 0.717) is 6.04 Å². The molecule has 2 heteroatoms. The zero-order valence-corrected chi connectivity index (χ0v) is 9.34. The lowest BCUT2D eigenvalue weighted by molar-refractivity contribution is 0.191. The Labute approximate surface area is 82.7 Å². The maximum absolute atomic E-state index is 3.41. The normalized spacial score (nSPS) is 22.2. The van der Waals surface area contributed by atoms with Crippen molar-refractivity contribution in [3.8, 4) is 0 Å². The molecule has 13 heavy (non-hydrogen) atoms. The van der Waals surface area contributed by atoms with E-state index < -0.39 is 0 Å². The van der Waals surface area contributed by atoms with Crippen LogP contribution in [0.15, 0.2) is 0 Å². The van der Waals surface area contributed by atoms with Crippen LogP contribution < -0.4 is 5.32 Å². The molecular weight excluding hydrogens is 160 g/mol. The van der Waals surface area contributed by atoms with Gasteiger partial charge in [0, 0.05) is 12.6 Å². The summed E-state index contributed by atoms with van der Waals surface area (Å²) in [6, 6.07) is 0.665. The highest BCUT2D eigenvalue weighted by Crippen LogP contribution is 2.11. The van der Waals surface area contributed by atoms with Gasteiger partial charge in [-0.25, -0.2) is 0 Å². The van der Waals surface area contributed by atoms with E-state index >= 15 is 0 Å². The van der Waals surface area contributed by atoms with Crippen molar-refractivity contribution in [3.63, 3.8) is 0 Å². The molecule has 0 unspecified atom stereocenters. The van der Waals surface area contributed by atoms with Crippen molar-refractivity contribution < 1.29 is 0 Å². The molecule has 1 rings (SSSR count). The third kappa shape index (κ3) is 3.65. The van der Waals surface area contributed by atoms with Gasteiger partial charge in [-0.05, 0) is 38.9 Å². The van der Waals surface area contributed by atoms with Gasteiger partial charge in [0.2, 0.25) is 0 Å². The van der Waals surface area contributed by atoms with Crippen molar-refractivity contribution in [2.45, 2.75) is 39.2 Å². The minimum Gasteiger partial charge on any atom is -0.315 e. The summed E-state index contributed by atoms with van der Waals surface area (Å²) in [6.45, 7) is 8.44. The molecule has 2 nitrogen and oxygen atoms in total. The summed E-state index contributed by atoms with van der Waals surface area (Å²) < 4.78 is 0. The van der Waals surface area contributed by atoms with Crippen molar-refractivity contribution in [3.05, 3.63) is 0 Å². The molecule has 0 radical (unpaired) electrons. The highest BCUT2D eigenvalue weighted by molar-refractivity contribution is 4.75. The van der Waals surface area contributed by atoms with E-state index in [0.717, 1.165) is 5.92 Å². The van der Waals surface area contributed by atoms with Crippen LogP contribution in [0.1, 0.15) is 33.1 Å². The van der Waals surface area contributed by atoms with Crippen molar-refractivity contribution in [2.75, 3.05) is 26.7 Å². The average Bonchev–Trinajstić information content (AvgIpc) is 2.15. The van der Waals surface area contributed by atoms with E-state index in [2.05, 4.69) is 31.1 Å². The number of hydrogen-bond acceptors (Lipinski definition) is 2. The van der Waals surface area contributed by atoms with Crippen molar-refractivity contribution in [2.24, 2.45) is 5.92 Å². The molecule has 0 spiro atoms. The molecule has 1 atom stereocenters. The van der Waals surface area contributed by atoms with Crippen LogP contribution in [-0.2, 0) is 0 Å². The smallest absolute Gasteiger partial charge is 0.0214 e. The molecule has 0 aromatic rings. The summed E-state index contributed by atoms with van der Waals surface area (Å²) in [7, 11) is 2.08. The van der Waals surface area contributed by atoms with Gasteiger partial charge in [-0.15, -0.1) is 0 Å². The van der Waals surface area contributed by atoms with Crippen LogP contribution in [0.4, 0.5) is 0 Å². The Bertz CT molecular complexity index is 128. The monoisotopic (exact) mass is 184 g/mol. The van der Waals surface area contributed by atoms with E-state index in [9.17, 15) is 0 Å². The van der Waals surface area contributed by atoms with Gasteiger partial charge in [0.05, 0.1) is 0 Å². The molecule has 1 saturated heterocycles. The quantitative estimate of drug-likeness (QED) is 0.715. The predicted octanol–water partition coefficient (Wildman–Crippen LogP) is 1.72. The first kappa shape index (κ1) is 11.0. The van der Waals surface area contributed by atoms with Crippen LogP contribution in [0.3, 0.4) is 0 Å². The Hall–Kier alpha value is -0.0800. The van der Waals surface area contributed by atoms with Gasteiger partial charge in [0.1, 0.15) is 0 Å². The first-order chi connectivity index (χ1) is 6.24. The molecule has 1 heterocycles. The first-order valence-electron chi connectivity index (χ1n) is 5.63. The molecule has 1 aliphatic rings. The van der Waals surface area contributed by atoms with E-state index in [1.165, 1.54) is 38.9 Å². The van der Waals surface area contributed by atoms with Crippen LogP contribution in [0.25, 0.3) is 0 Å². The third-order valence-electron chi connectivity index (χ3n) is 3.08. The number of nitrogens with zero attached hydrogens (tertiary/aromatic N) is 1. The van der Waals surface area contributed by atoms with Crippen LogP contribution in [0.5, 0.6) is 0 Å². The molecule has 0 saturated carbocycles. The van der Waals surface area contributed by atoms with Crippen LogP contribution in [-0.4, -0.2) is 37.6 Å². The highest BCUT2D eigenvalue weighted by Gasteiger charge is 2.17. The highest BCUT2D eigenvalue weighted by atomic mass is 15.1. The Balaban J connectivity index is 2.27. The summed E-state index contributed by atoms with van der Waals surface area (Å²) in [5.41, 5.74) is 0. The lowest BCUT2D eigenvalue weighted by atomic mass is 10.0. The van der Waals surface area contributed by atoms with Gasteiger partial charge >= 0.3 is 0 Å². The molecule has 1 N–H and O–H groups in total. The zero-order valence-electron chi connectivity index (χ0n) is 9.34. The van der Waals surface area contributed by atoms with Crippen molar-refractivity contribution in [1.29, 1.82) is 0 Å². The fraction of sp³-hybridized carbons (Fsp3) is 1.00. The van der Waals surface area contributed by atoms with Gasteiger partial charge in [-0.3, -0.25) is 0 Å². The Morgan fingerprint density at radius 2 is 1.77 bits per heavy atom.